The third-order valence-electron chi connectivity index (χ3n) is 6.89. The van der Waals surface area contributed by atoms with Crippen molar-refractivity contribution in [3.05, 3.63) is 107 Å². The van der Waals surface area contributed by atoms with Crippen LogP contribution in [0.25, 0.3) is 10.8 Å². The smallest absolute Gasteiger partial charge is 0.322 e. The van der Waals surface area contributed by atoms with Crippen LogP contribution in [0.4, 0.5) is 23.2 Å². The Balaban J connectivity index is 1.36. The predicted octanol–water partition coefficient (Wildman–Crippen LogP) is 5.79. The molecule has 1 N–H and O–H groups in total. The summed E-state index contributed by atoms with van der Waals surface area (Å²) in [6, 6.07) is 15.0. The number of alkyl halides is 3. The van der Waals surface area contributed by atoms with E-state index in [9.17, 15) is 22.4 Å². The summed E-state index contributed by atoms with van der Waals surface area (Å²) in [7, 11) is 1.98. The van der Waals surface area contributed by atoms with Crippen LogP contribution in [0, 0.1) is 17.7 Å². The third-order valence-corrected chi connectivity index (χ3v) is 6.89. The maximum Gasteiger partial charge on any atom is 0.416 e. The van der Waals surface area contributed by atoms with Crippen molar-refractivity contribution >= 4 is 22.4 Å². The average molecular weight is 547 g/mol. The van der Waals surface area contributed by atoms with Gasteiger partial charge in [0.15, 0.2) is 0 Å². The van der Waals surface area contributed by atoms with Crippen LogP contribution < -0.4 is 5.32 Å². The molecule has 0 atom stereocenters. The number of anilines is 1. The maximum absolute atomic E-state index is 14.5. The van der Waals surface area contributed by atoms with E-state index in [1.165, 1.54) is 24.3 Å². The van der Waals surface area contributed by atoms with Crippen molar-refractivity contribution in [1.82, 2.24) is 14.8 Å². The van der Waals surface area contributed by atoms with Crippen molar-refractivity contribution in [1.29, 1.82) is 0 Å². The average Bonchev–Trinajstić information content (AvgIpc) is 2.94. The molecule has 204 valence electrons. The van der Waals surface area contributed by atoms with Crippen molar-refractivity contribution in [2.75, 3.05) is 38.5 Å². The molecule has 1 saturated heterocycles. The Morgan fingerprint density at radius 2 is 1.70 bits per heavy atom. The summed E-state index contributed by atoms with van der Waals surface area (Å²) >= 11 is 0. The van der Waals surface area contributed by atoms with E-state index < -0.39 is 23.5 Å². The van der Waals surface area contributed by atoms with Crippen LogP contribution in [0.15, 0.2) is 73.1 Å². The molecule has 40 heavy (non-hydrogen) atoms. The number of carbonyl (C=O) groups is 1. The van der Waals surface area contributed by atoms with Crippen LogP contribution in [-0.4, -0.2) is 53.9 Å². The largest absolute Gasteiger partial charge is 0.416 e. The predicted molar refractivity (Wildman–Crippen MR) is 146 cm³/mol. The highest BCUT2D eigenvalue weighted by Crippen LogP contribution is 2.34. The monoisotopic (exact) mass is 546 g/mol. The number of nitrogens with zero attached hydrogens (tertiary/aromatic N) is 3. The second-order valence-corrected chi connectivity index (χ2v) is 9.76. The molecule has 0 bridgehead atoms. The lowest BCUT2D eigenvalue weighted by Gasteiger charge is -2.33. The Labute approximate surface area is 229 Å². The van der Waals surface area contributed by atoms with Gasteiger partial charge in [-0.3, -0.25) is 14.7 Å². The van der Waals surface area contributed by atoms with Gasteiger partial charge >= 0.3 is 6.18 Å². The Morgan fingerprint density at radius 3 is 2.48 bits per heavy atom. The molecule has 5 nitrogen and oxygen atoms in total. The molecular formula is C31H26F4N4O. The number of piperazine rings is 1. The number of rotatable bonds is 4. The number of hydrogen-bond acceptors (Lipinski definition) is 4. The van der Waals surface area contributed by atoms with Gasteiger partial charge in [-0.2, -0.15) is 13.2 Å². The molecule has 1 aromatic heterocycles. The topological polar surface area (TPSA) is 48.5 Å². The van der Waals surface area contributed by atoms with Gasteiger partial charge < -0.3 is 10.2 Å². The van der Waals surface area contributed by atoms with Crippen LogP contribution in [0.2, 0.25) is 0 Å². The van der Waals surface area contributed by atoms with E-state index in [0.29, 0.717) is 18.7 Å². The SMILES string of the molecule is CN1CCN(Cc2ccc(NC(=O)c3ccc(F)c(C#Cc4cncc5ccccc45)c3)cc2C(F)(F)F)CC1. The fraction of sp³-hybridized carbons (Fsp3) is 0.226. The summed E-state index contributed by atoms with van der Waals surface area (Å²) in [6.45, 7) is 3.11. The van der Waals surface area contributed by atoms with Gasteiger partial charge in [0.1, 0.15) is 5.82 Å². The molecule has 0 saturated carbocycles. The van der Waals surface area contributed by atoms with Gasteiger partial charge in [0, 0.05) is 67.1 Å². The first-order chi connectivity index (χ1) is 19.2. The molecule has 1 fully saturated rings. The maximum atomic E-state index is 14.5. The molecule has 2 heterocycles. The summed E-state index contributed by atoms with van der Waals surface area (Å²) in [6.07, 6.45) is -1.30. The first-order valence-electron chi connectivity index (χ1n) is 12.7. The van der Waals surface area contributed by atoms with E-state index in [2.05, 4.69) is 27.0 Å². The molecule has 1 aliphatic rings. The van der Waals surface area contributed by atoms with Crippen molar-refractivity contribution in [2.24, 2.45) is 0 Å². The number of benzene rings is 3. The van der Waals surface area contributed by atoms with Gasteiger partial charge in [0.25, 0.3) is 5.91 Å². The number of hydrogen-bond donors (Lipinski definition) is 1. The number of carbonyl (C=O) groups excluding carboxylic acids is 1. The third kappa shape index (κ3) is 6.30. The minimum absolute atomic E-state index is 0.00163. The zero-order valence-electron chi connectivity index (χ0n) is 21.7. The molecule has 1 aliphatic heterocycles. The van der Waals surface area contributed by atoms with Crippen molar-refractivity contribution in [3.8, 4) is 11.8 Å². The van der Waals surface area contributed by atoms with E-state index in [1.807, 2.05) is 36.2 Å². The highest BCUT2D eigenvalue weighted by atomic mass is 19.4. The van der Waals surface area contributed by atoms with Gasteiger partial charge in [-0.1, -0.05) is 42.2 Å². The molecule has 9 heteroatoms. The molecule has 0 unspecified atom stereocenters. The number of likely N-dealkylation sites (N-methyl/N-ethyl adjacent to an activating group) is 1. The van der Waals surface area contributed by atoms with E-state index >= 15 is 0 Å². The lowest BCUT2D eigenvalue weighted by molar-refractivity contribution is -0.138. The Morgan fingerprint density at radius 1 is 0.950 bits per heavy atom. The fourth-order valence-corrected chi connectivity index (χ4v) is 4.62. The van der Waals surface area contributed by atoms with Crippen LogP contribution >= 0.6 is 0 Å². The zero-order valence-corrected chi connectivity index (χ0v) is 21.7. The quantitative estimate of drug-likeness (QED) is 0.260. The molecule has 0 aliphatic carbocycles. The number of aromatic nitrogens is 1. The van der Waals surface area contributed by atoms with E-state index in [4.69, 9.17) is 0 Å². The van der Waals surface area contributed by atoms with Gasteiger partial charge in [0.05, 0.1) is 16.7 Å². The summed E-state index contributed by atoms with van der Waals surface area (Å²) in [5.74, 6) is 4.38. The minimum Gasteiger partial charge on any atom is -0.322 e. The van der Waals surface area contributed by atoms with E-state index in [1.54, 1.807) is 12.4 Å². The van der Waals surface area contributed by atoms with E-state index in [0.717, 1.165) is 36.0 Å². The molecule has 0 radical (unpaired) electrons. The molecule has 5 rings (SSSR count). The highest BCUT2D eigenvalue weighted by molar-refractivity contribution is 6.04. The van der Waals surface area contributed by atoms with Crippen molar-refractivity contribution in [3.63, 3.8) is 0 Å². The first kappa shape index (κ1) is 27.3. The van der Waals surface area contributed by atoms with Gasteiger partial charge in [-0.05, 0) is 42.9 Å². The van der Waals surface area contributed by atoms with Gasteiger partial charge in [0.2, 0.25) is 0 Å². The highest BCUT2D eigenvalue weighted by Gasteiger charge is 2.34. The Bertz CT molecular complexity index is 1610. The number of nitrogens with one attached hydrogen (secondary N) is 1. The van der Waals surface area contributed by atoms with Gasteiger partial charge in [-0.25, -0.2) is 4.39 Å². The number of pyridine rings is 1. The number of halogens is 4. The summed E-state index contributed by atoms with van der Waals surface area (Å²) in [5.41, 5.74) is 0.00810. The van der Waals surface area contributed by atoms with Crippen LogP contribution in [-0.2, 0) is 12.7 Å². The van der Waals surface area contributed by atoms with Crippen molar-refractivity contribution < 1.29 is 22.4 Å². The Kier molecular flexibility index (Phi) is 7.83. The normalized spacial score (nSPS) is 14.5. The first-order valence-corrected chi connectivity index (χ1v) is 12.7. The molecule has 4 aromatic rings. The summed E-state index contributed by atoms with van der Waals surface area (Å²) in [4.78, 5) is 21.2. The summed E-state index contributed by atoms with van der Waals surface area (Å²) < 4.78 is 56.3. The van der Waals surface area contributed by atoms with Gasteiger partial charge in [-0.15, -0.1) is 0 Å². The zero-order chi connectivity index (χ0) is 28.3. The standard InChI is InChI=1S/C31H26F4N4O/c1-38-12-14-39(15-13-38)20-25-8-10-26(17-28(25)31(33,34)35)37-30(40)22-9-11-29(32)21(16-22)6-7-24-19-36-18-23-4-2-3-5-27(23)24/h2-5,8-11,16-19H,12-15,20H2,1H3,(H,37,40). The summed E-state index contributed by atoms with van der Waals surface area (Å²) in [5, 5.41) is 4.25. The lowest BCUT2D eigenvalue weighted by Crippen LogP contribution is -2.44. The second-order valence-electron chi connectivity index (χ2n) is 9.76. The lowest BCUT2D eigenvalue weighted by atomic mass is 10.0. The molecule has 3 aromatic carbocycles. The molecule has 0 spiro atoms. The number of amides is 1. The number of fused-ring (bicyclic) bond motifs is 1. The van der Waals surface area contributed by atoms with Crippen molar-refractivity contribution in [2.45, 2.75) is 12.7 Å². The van der Waals surface area contributed by atoms with E-state index in [-0.39, 0.29) is 28.9 Å². The molecule has 1 amide bonds. The second kappa shape index (κ2) is 11.5. The fourth-order valence-electron chi connectivity index (χ4n) is 4.62. The van der Waals surface area contributed by atoms with Crippen LogP contribution in [0.5, 0.6) is 0 Å². The van der Waals surface area contributed by atoms with Crippen LogP contribution in [0.3, 0.4) is 0 Å². The Hall–Kier alpha value is -4.26. The van der Waals surface area contributed by atoms with Crippen LogP contribution in [0.1, 0.15) is 32.6 Å². The molecular weight excluding hydrogens is 520 g/mol. The minimum atomic E-state index is -4.59.